The summed E-state index contributed by atoms with van der Waals surface area (Å²) >= 11 is 6.08. The number of hydrogen-bond donors (Lipinski definition) is 1. The maximum Gasteiger partial charge on any atom is 0.326 e. The van der Waals surface area contributed by atoms with Gasteiger partial charge in [0.15, 0.2) is 0 Å². The van der Waals surface area contributed by atoms with E-state index in [9.17, 15) is 4.79 Å². The normalized spacial score (nSPS) is 11.1. The molecule has 0 saturated heterocycles. The SMILES string of the molecule is COCCCn1c(=O)[nH]c2cccc(Cl)c21. The van der Waals surface area contributed by atoms with Crippen LogP contribution in [0.3, 0.4) is 0 Å². The minimum absolute atomic E-state index is 0.126. The maximum atomic E-state index is 11.7. The van der Waals surface area contributed by atoms with E-state index in [1.54, 1.807) is 17.7 Å². The molecule has 0 aliphatic rings. The van der Waals surface area contributed by atoms with Gasteiger partial charge in [0.05, 0.1) is 16.1 Å². The molecule has 86 valence electrons. The predicted molar refractivity (Wildman–Crippen MR) is 64.1 cm³/mol. The van der Waals surface area contributed by atoms with Gasteiger partial charge in [0.1, 0.15) is 0 Å². The lowest BCUT2D eigenvalue weighted by Crippen LogP contribution is -2.17. The van der Waals surface area contributed by atoms with Crippen molar-refractivity contribution in [3.05, 3.63) is 33.7 Å². The molecule has 5 heteroatoms. The van der Waals surface area contributed by atoms with Crippen LogP contribution < -0.4 is 5.69 Å². The lowest BCUT2D eigenvalue weighted by atomic mass is 10.3. The Balaban J connectivity index is 2.43. The third-order valence-electron chi connectivity index (χ3n) is 2.47. The van der Waals surface area contributed by atoms with Gasteiger partial charge >= 0.3 is 5.69 Å². The van der Waals surface area contributed by atoms with Gasteiger partial charge in [0, 0.05) is 20.3 Å². The number of methoxy groups -OCH3 is 1. The quantitative estimate of drug-likeness (QED) is 0.832. The van der Waals surface area contributed by atoms with E-state index in [0.717, 1.165) is 17.5 Å². The molecule has 0 saturated carbocycles. The van der Waals surface area contributed by atoms with E-state index in [1.165, 1.54) is 0 Å². The summed E-state index contributed by atoms with van der Waals surface area (Å²) in [4.78, 5) is 14.5. The van der Waals surface area contributed by atoms with Crippen LogP contribution in [0.1, 0.15) is 6.42 Å². The van der Waals surface area contributed by atoms with Crippen LogP contribution >= 0.6 is 11.6 Å². The van der Waals surface area contributed by atoms with E-state index in [0.29, 0.717) is 18.2 Å². The summed E-state index contributed by atoms with van der Waals surface area (Å²) in [6, 6.07) is 5.44. The van der Waals surface area contributed by atoms with Crippen molar-refractivity contribution in [2.75, 3.05) is 13.7 Å². The molecule has 1 heterocycles. The number of benzene rings is 1. The van der Waals surface area contributed by atoms with Crippen molar-refractivity contribution in [3.63, 3.8) is 0 Å². The third-order valence-corrected chi connectivity index (χ3v) is 2.78. The van der Waals surface area contributed by atoms with Gasteiger partial charge < -0.3 is 9.72 Å². The molecule has 0 unspecified atom stereocenters. The van der Waals surface area contributed by atoms with E-state index in [2.05, 4.69) is 4.98 Å². The highest BCUT2D eigenvalue weighted by molar-refractivity contribution is 6.34. The Morgan fingerprint density at radius 3 is 3.06 bits per heavy atom. The van der Waals surface area contributed by atoms with E-state index in [1.807, 2.05) is 12.1 Å². The maximum absolute atomic E-state index is 11.7. The number of hydrogen-bond acceptors (Lipinski definition) is 2. The third kappa shape index (κ3) is 1.99. The van der Waals surface area contributed by atoms with Gasteiger partial charge in [-0.25, -0.2) is 4.79 Å². The summed E-state index contributed by atoms with van der Waals surface area (Å²) in [6.07, 6.45) is 0.786. The molecule has 2 rings (SSSR count). The molecule has 1 N–H and O–H groups in total. The number of fused-ring (bicyclic) bond motifs is 1. The van der Waals surface area contributed by atoms with Crippen molar-refractivity contribution in [2.45, 2.75) is 13.0 Å². The number of aromatic amines is 1. The minimum Gasteiger partial charge on any atom is -0.385 e. The van der Waals surface area contributed by atoms with Gasteiger partial charge in [0.25, 0.3) is 0 Å². The Labute approximate surface area is 97.8 Å². The number of imidazole rings is 1. The number of ether oxygens (including phenoxy) is 1. The molecule has 1 aromatic carbocycles. The van der Waals surface area contributed by atoms with E-state index >= 15 is 0 Å². The zero-order chi connectivity index (χ0) is 11.5. The molecule has 4 nitrogen and oxygen atoms in total. The second-order valence-electron chi connectivity index (χ2n) is 3.56. The van der Waals surface area contributed by atoms with Crippen molar-refractivity contribution < 1.29 is 4.74 Å². The van der Waals surface area contributed by atoms with Gasteiger partial charge in [-0.2, -0.15) is 0 Å². The van der Waals surface area contributed by atoms with Crippen LogP contribution in [0.15, 0.2) is 23.0 Å². The number of nitrogens with zero attached hydrogens (tertiary/aromatic N) is 1. The molecule has 0 bridgehead atoms. The fourth-order valence-corrected chi connectivity index (χ4v) is 2.03. The van der Waals surface area contributed by atoms with Crippen LogP contribution in [0, 0.1) is 0 Å². The summed E-state index contributed by atoms with van der Waals surface area (Å²) in [5.74, 6) is 0. The Kier molecular flexibility index (Phi) is 3.31. The van der Waals surface area contributed by atoms with Gasteiger partial charge in [-0.1, -0.05) is 17.7 Å². The molecular weight excluding hydrogens is 228 g/mol. The molecule has 0 spiro atoms. The largest absolute Gasteiger partial charge is 0.385 e. The second-order valence-corrected chi connectivity index (χ2v) is 3.97. The number of H-pyrrole nitrogens is 1. The number of para-hydroxylation sites is 1. The Bertz CT molecular complexity index is 544. The molecule has 16 heavy (non-hydrogen) atoms. The first-order valence-corrected chi connectivity index (χ1v) is 5.48. The first-order valence-electron chi connectivity index (χ1n) is 5.10. The smallest absolute Gasteiger partial charge is 0.326 e. The van der Waals surface area contributed by atoms with Crippen LogP contribution in [0.4, 0.5) is 0 Å². The first kappa shape index (κ1) is 11.2. The minimum atomic E-state index is -0.126. The summed E-state index contributed by atoms with van der Waals surface area (Å²) < 4.78 is 6.61. The number of aromatic nitrogens is 2. The van der Waals surface area contributed by atoms with Crippen LogP contribution in [-0.2, 0) is 11.3 Å². The van der Waals surface area contributed by atoms with E-state index < -0.39 is 0 Å². The fourth-order valence-electron chi connectivity index (χ4n) is 1.76. The molecule has 0 fully saturated rings. The molecule has 0 aliphatic carbocycles. The fraction of sp³-hybridized carbons (Fsp3) is 0.364. The van der Waals surface area contributed by atoms with Crippen LogP contribution in [0.5, 0.6) is 0 Å². The number of halogens is 1. The Morgan fingerprint density at radius 1 is 1.50 bits per heavy atom. The van der Waals surface area contributed by atoms with Crippen LogP contribution in [0.2, 0.25) is 5.02 Å². The van der Waals surface area contributed by atoms with Gasteiger partial charge in [-0.3, -0.25) is 4.57 Å². The monoisotopic (exact) mass is 240 g/mol. The first-order chi connectivity index (χ1) is 7.74. The average molecular weight is 241 g/mol. The van der Waals surface area contributed by atoms with Crippen LogP contribution in [0.25, 0.3) is 11.0 Å². The van der Waals surface area contributed by atoms with Crippen molar-refractivity contribution in [1.29, 1.82) is 0 Å². The van der Waals surface area contributed by atoms with Gasteiger partial charge in [0.2, 0.25) is 0 Å². The van der Waals surface area contributed by atoms with Crippen molar-refractivity contribution in [2.24, 2.45) is 0 Å². The van der Waals surface area contributed by atoms with E-state index in [-0.39, 0.29) is 5.69 Å². The van der Waals surface area contributed by atoms with E-state index in [4.69, 9.17) is 16.3 Å². The summed E-state index contributed by atoms with van der Waals surface area (Å²) in [5, 5.41) is 0.591. The standard InChI is InChI=1S/C11H13ClN2O2/c1-16-7-3-6-14-10-8(12)4-2-5-9(10)13-11(14)15/h2,4-5H,3,6-7H2,1H3,(H,13,15). The molecule has 1 aromatic heterocycles. The summed E-state index contributed by atoms with van der Waals surface area (Å²) in [7, 11) is 1.64. The Hall–Kier alpha value is -1.26. The Morgan fingerprint density at radius 2 is 2.31 bits per heavy atom. The van der Waals surface area contributed by atoms with Gasteiger partial charge in [-0.15, -0.1) is 0 Å². The lowest BCUT2D eigenvalue weighted by Gasteiger charge is -2.03. The highest BCUT2D eigenvalue weighted by Gasteiger charge is 2.08. The predicted octanol–water partition coefficient (Wildman–Crippen LogP) is 2.02. The number of rotatable bonds is 4. The molecule has 0 radical (unpaired) electrons. The number of nitrogens with one attached hydrogen (secondary N) is 1. The topological polar surface area (TPSA) is 47.0 Å². The zero-order valence-corrected chi connectivity index (χ0v) is 9.75. The molecule has 0 atom stereocenters. The molecular formula is C11H13ClN2O2. The van der Waals surface area contributed by atoms with Crippen molar-refractivity contribution >= 4 is 22.6 Å². The zero-order valence-electron chi connectivity index (χ0n) is 9.00. The molecule has 0 aliphatic heterocycles. The summed E-state index contributed by atoms with van der Waals surface area (Å²) in [5.41, 5.74) is 1.42. The van der Waals surface area contributed by atoms with Crippen LogP contribution in [-0.4, -0.2) is 23.3 Å². The summed E-state index contributed by atoms with van der Waals surface area (Å²) in [6.45, 7) is 1.24. The molecule has 2 aromatic rings. The highest BCUT2D eigenvalue weighted by atomic mass is 35.5. The second kappa shape index (κ2) is 4.72. The van der Waals surface area contributed by atoms with Gasteiger partial charge in [-0.05, 0) is 18.6 Å². The van der Waals surface area contributed by atoms with Crippen molar-refractivity contribution in [1.82, 2.24) is 9.55 Å². The lowest BCUT2D eigenvalue weighted by molar-refractivity contribution is 0.190. The van der Waals surface area contributed by atoms with Crippen molar-refractivity contribution in [3.8, 4) is 0 Å². The highest BCUT2D eigenvalue weighted by Crippen LogP contribution is 2.20. The molecule has 0 amide bonds. The average Bonchev–Trinajstić information content (AvgIpc) is 2.57. The number of aryl methyl sites for hydroxylation is 1.